The summed E-state index contributed by atoms with van der Waals surface area (Å²) in [6, 6.07) is -0.284. The summed E-state index contributed by atoms with van der Waals surface area (Å²) >= 11 is 0. The van der Waals surface area contributed by atoms with Crippen molar-refractivity contribution in [3.05, 3.63) is 17.9 Å². The number of nitrogens with zero attached hydrogens (tertiary/aromatic N) is 3. The molecule has 0 aromatic carbocycles. The van der Waals surface area contributed by atoms with Crippen molar-refractivity contribution in [3.8, 4) is 0 Å². The highest BCUT2D eigenvalue weighted by Crippen LogP contribution is 1.96. The Morgan fingerprint density at radius 1 is 1.92 bits per heavy atom. The Balaban J connectivity index is 2.97. The highest BCUT2D eigenvalue weighted by molar-refractivity contribution is 5.75. The van der Waals surface area contributed by atoms with Crippen LogP contribution in [0.5, 0.6) is 0 Å². The average Bonchev–Trinajstić information content (AvgIpc) is 2.45. The summed E-state index contributed by atoms with van der Waals surface area (Å²) in [5.74, 6) is 0. The molecule has 0 spiro atoms. The molecule has 1 aromatic heterocycles. The Morgan fingerprint density at radius 3 is 3.00 bits per heavy atom. The summed E-state index contributed by atoms with van der Waals surface area (Å²) in [6.07, 6.45) is 1.53. The normalized spacial score (nSPS) is 11.1. The summed E-state index contributed by atoms with van der Waals surface area (Å²) in [7, 11) is 3.24. The number of aromatic nitrogens is 2. The van der Waals surface area contributed by atoms with Crippen LogP contribution in [0.2, 0.25) is 0 Å². The number of carbonyl (C=O) groups excluding carboxylic acids is 1. The topological polar surface area (TPSA) is 64.2 Å². The quantitative estimate of drug-likeness (QED) is 0.637. The number of nitrogens with two attached hydrogens (primary N) is 1. The van der Waals surface area contributed by atoms with Gasteiger partial charge in [-0.1, -0.05) is 0 Å². The summed E-state index contributed by atoms with van der Waals surface area (Å²) in [5.41, 5.74) is 5.91. The number of hydrogen-bond donors (Lipinski definition) is 1. The van der Waals surface area contributed by atoms with E-state index < -0.39 is 0 Å². The lowest BCUT2D eigenvalue weighted by Crippen LogP contribution is -2.27. The van der Waals surface area contributed by atoms with Gasteiger partial charge in [-0.25, -0.2) is 4.79 Å². The molecule has 0 saturated carbocycles. The molecular weight excluding hydrogens is 156 g/mol. The Bertz CT molecular complexity index is 320. The van der Waals surface area contributed by atoms with Crippen LogP contribution in [0.25, 0.3) is 0 Å². The lowest BCUT2D eigenvalue weighted by Gasteiger charge is -2.08. The summed E-state index contributed by atoms with van der Waals surface area (Å²) < 4.78 is 8.46. The molecule has 0 aliphatic carbocycles. The second kappa shape index (κ2) is 3.36. The van der Waals surface area contributed by atoms with E-state index in [0.29, 0.717) is 5.56 Å². The first-order chi connectivity index (χ1) is 6.06. The van der Waals surface area contributed by atoms with Gasteiger partial charge in [0, 0.05) is 32.4 Å². The molecule has 0 saturated heterocycles. The minimum atomic E-state index is -0.284. The second-order valence-corrected chi connectivity index (χ2v) is 2.59. The lowest BCUT2D eigenvalue weighted by atomic mass is 10.4. The van der Waals surface area contributed by atoms with Gasteiger partial charge in [-0.3, -0.25) is 0 Å². The molecule has 0 unspecified atom stereocenters. The zero-order chi connectivity index (χ0) is 10.0. The van der Waals surface area contributed by atoms with E-state index in [2.05, 4.69) is 5.10 Å². The average molecular weight is 169 g/mol. The van der Waals surface area contributed by atoms with Crippen molar-refractivity contribution in [3.63, 3.8) is 0 Å². The molecule has 0 aliphatic heterocycles. The lowest BCUT2D eigenvalue weighted by molar-refractivity contribution is 0.216. The molecular formula is C7H12N4O. The van der Waals surface area contributed by atoms with Crippen LogP contribution in [-0.2, 0) is 6.54 Å². The van der Waals surface area contributed by atoms with Crippen molar-refractivity contribution in [1.82, 2.24) is 14.7 Å². The number of hydrogen-bond acceptors (Lipinski definition) is 3. The third-order valence-corrected chi connectivity index (χ3v) is 1.38. The van der Waals surface area contributed by atoms with Gasteiger partial charge in [0.25, 0.3) is 0 Å². The summed E-state index contributed by atoms with van der Waals surface area (Å²) in [4.78, 5) is 12.7. The molecule has 1 amide bonds. The van der Waals surface area contributed by atoms with Gasteiger partial charge in [-0.2, -0.15) is 9.78 Å². The molecule has 0 aliphatic rings. The van der Waals surface area contributed by atoms with Crippen LogP contribution in [0.15, 0.2) is 12.4 Å². The van der Waals surface area contributed by atoms with E-state index in [1.165, 1.54) is 11.1 Å². The Morgan fingerprint density at radius 2 is 2.58 bits per heavy atom. The maximum Gasteiger partial charge on any atom is 0.344 e. The third-order valence-electron chi connectivity index (χ3n) is 1.38. The molecule has 0 fully saturated rings. The van der Waals surface area contributed by atoms with Gasteiger partial charge < -0.3 is 10.6 Å². The van der Waals surface area contributed by atoms with Gasteiger partial charge in [-0.15, -0.1) is 0 Å². The molecule has 5 heteroatoms. The zero-order valence-corrected chi connectivity index (χ0v) is 7.11. The largest absolute Gasteiger partial charge is 0.344 e. The van der Waals surface area contributed by atoms with Crippen molar-refractivity contribution in [1.29, 1.82) is 0 Å². The standard InChI is InChI=1S/C7H12N4O/c1-10(2)7(12)11-5-6(3-8)4-9-11/h4-5H,3,8H2,1-2H3/i4D. The van der Waals surface area contributed by atoms with Gasteiger partial charge in [0.15, 0.2) is 0 Å². The van der Waals surface area contributed by atoms with Crippen LogP contribution < -0.4 is 5.73 Å². The highest BCUT2D eigenvalue weighted by Gasteiger charge is 2.07. The molecule has 1 aromatic rings. The highest BCUT2D eigenvalue weighted by atomic mass is 16.2. The van der Waals surface area contributed by atoms with Crippen molar-refractivity contribution >= 4 is 6.03 Å². The molecule has 5 nitrogen and oxygen atoms in total. The molecule has 66 valence electrons. The van der Waals surface area contributed by atoms with Gasteiger partial charge in [0.1, 0.15) is 0 Å². The minimum Gasteiger partial charge on any atom is -0.329 e. The maximum atomic E-state index is 11.3. The van der Waals surface area contributed by atoms with Gasteiger partial charge in [0.2, 0.25) is 0 Å². The van der Waals surface area contributed by atoms with E-state index >= 15 is 0 Å². The van der Waals surface area contributed by atoms with E-state index in [1.54, 1.807) is 14.1 Å². The van der Waals surface area contributed by atoms with Crippen LogP contribution in [0, 0.1) is 0 Å². The number of amides is 1. The molecule has 1 rings (SSSR count). The predicted molar refractivity (Wildman–Crippen MR) is 44.6 cm³/mol. The van der Waals surface area contributed by atoms with Crippen LogP contribution >= 0.6 is 0 Å². The predicted octanol–water partition coefficient (Wildman–Crippen LogP) is -0.128. The number of rotatable bonds is 1. The van der Waals surface area contributed by atoms with E-state index in [0.717, 1.165) is 4.68 Å². The van der Waals surface area contributed by atoms with Crippen molar-refractivity contribution in [2.24, 2.45) is 5.73 Å². The third kappa shape index (κ3) is 1.62. The van der Waals surface area contributed by atoms with Crippen molar-refractivity contribution in [2.45, 2.75) is 6.54 Å². The summed E-state index contributed by atoms with van der Waals surface area (Å²) in [6.45, 7) is 0.222. The minimum absolute atomic E-state index is 0.0534. The van der Waals surface area contributed by atoms with E-state index in [-0.39, 0.29) is 18.7 Å². The molecule has 2 N–H and O–H groups in total. The fraction of sp³-hybridized carbons (Fsp3) is 0.429. The number of carbonyl (C=O) groups is 1. The van der Waals surface area contributed by atoms with E-state index in [4.69, 9.17) is 7.10 Å². The molecule has 0 atom stereocenters. The van der Waals surface area contributed by atoms with Gasteiger partial charge in [-0.05, 0) is 0 Å². The van der Waals surface area contributed by atoms with E-state index in [1.807, 2.05) is 0 Å². The Hall–Kier alpha value is -1.36. The Labute approximate surface area is 72.2 Å². The first-order valence-corrected chi connectivity index (χ1v) is 3.53. The van der Waals surface area contributed by atoms with Crippen LogP contribution in [0.4, 0.5) is 4.79 Å². The van der Waals surface area contributed by atoms with Gasteiger partial charge in [0.05, 0.1) is 7.54 Å². The first-order valence-electron chi connectivity index (χ1n) is 4.03. The molecule has 12 heavy (non-hydrogen) atoms. The van der Waals surface area contributed by atoms with Crippen LogP contribution in [0.1, 0.15) is 6.93 Å². The monoisotopic (exact) mass is 169 g/mol. The fourth-order valence-electron chi connectivity index (χ4n) is 0.725. The molecule has 0 radical (unpaired) electrons. The SMILES string of the molecule is [2H]c1nn(C(=O)N(C)C)cc1CN. The summed E-state index contributed by atoms with van der Waals surface area (Å²) in [5, 5.41) is 3.71. The fourth-order valence-corrected chi connectivity index (χ4v) is 0.725. The maximum absolute atomic E-state index is 11.3. The van der Waals surface area contributed by atoms with E-state index in [9.17, 15) is 4.79 Å². The molecule has 1 heterocycles. The second-order valence-electron chi connectivity index (χ2n) is 2.59. The van der Waals surface area contributed by atoms with Crippen molar-refractivity contribution < 1.29 is 6.17 Å². The van der Waals surface area contributed by atoms with Crippen molar-refractivity contribution in [2.75, 3.05) is 14.1 Å². The van der Waals surface area contributed by atoms with Crippen LogP contribution in [0.3, 0.4) is 0 Å². The zero-order valence-electron chi connectivity index (χ0n) is 8.11. The Kier molecular flexibility index (Phi) is 2.04. The van der Waals surface area contributed by atoms with Gasteiger partial charge >= 0.3 is 6.03 Å². The van der Waals surface area contributed by atoms with Crippen LogP contribution in [-0.4, -0.2) is 34.8 Å². The first kappa shape index (κ1) is 7.30. The molecule has 0 bridgehead atoms. The smallest absolute Gasteiger partial charge is 0.329 e.